The molecule has 0 aliphatic rings. The predicted molar refractivity (Wildman–Crippen MR) is 63.9 cm³/mol. The third-order valence-corrected chi connectivity index (χ3v) is 2.66. The molecule has 0 bridgehead atoms. The van der Waals surface area contributed by atoms with Gasteiger partial charge in [-0.25, -0.2) is 0 Å². The summed E-state index contributed by atoms with van der Waals surface area (Å²) in [5.41, 5.74) is 1.52. The van der Waals surface area contributed by atoms with Crippen LogP contribution in [0, 0.1) is 0 Å². The third-order valence-electron chi connectivity index (χ3n) is 2.44. The van der Waals surface area contributed by atoms with Crippen LogP contribution >= 0.6 is 11.6 Å². The Labute approximate surface area is 100 Å². The van der Waals surface area contributed by atoms with Crippen molar-refractivity contribution in [3.8, 4) is 5.75 Å². The minimum Gasteiger partial charge on any atom is -0.507 e. The van der Waals surface area contributed by atoms with E-state index in [1.165, 1.54) is 0 Å². The number of halogens is 1. The van der Waals surface area contributed by atoms with E-state index in [0.29, 0.717) is 30.7 Å². The fraction of sp³-hybridized carbons (Fsp3) is 0.500. The van der Waals surface area contributed by atoms with Crippen LogP contribution in [-0.2, 0) is 12.8 Å². The van der Waals surface area contributed by atoms with Crippen molar-refractivity contribution >= 4 is 11.6 Å². The second kappa shape index (κ2) is 6.74. The van der Waals surface area contributed by atoms with Crippen molar-refractivity contribution in [1.82, 2.24) is 0 Å². The van der Waals surface area contributed by atoms with E-state index >= 15 is 0 Å². The molecule has 0 radical (unpaired) electrons. The molecular formula is C12H17ClO3. The van der Waals surface area contributed by atoms with Crippen LogP contribution in [0.1, 0.15) is 24.0 Å². The maximum atomic E-state index is 9.94. The first-order chi connectivity index (χ1) is 7.69. The first-order valence-electron chi connectivity index (χ1n) is 5.41. The Morgan fingerprint density at radius 1 is 0.938 bits per heavy atom. The highest BCUT2D eigenvalue weighted by molar-refractivity contribution is 6.30. The van der Waals surface area contributed by atoms with Crippen molar-refractivity contribution in [3.63, 3.8) is 0 Å². The molecular weight excluding hydrogens is 228 g/mol. The molecule has 0 heterocycles. The lowest BCUT2D eigenvalue weighted by molar-refractivity contribution is 0.287. The number of aryl methyl sites for hydroxylation is 2. The smallest absolute Gasteiger partial charge is 0.122 e. The number of aliphatic hydroxyl groups is 2. The highest BCUT2D eigenvalue weighted by Gasteiger charge is 2.09. The van der Waals surface area contributed by atoms with Gasteiger partial charge in [-0.3, -0.25) is 0 Å². The van der Waals surface area contributed by atoms with Crippen molar-refractivity contribution in [1.29, 1.82) is 0 Å². The van der Waals surface area contributed by atoms with Gasteiger partial charge in [0.2, 0.25) is 0 Å². The molecule has 0 aliphatic heterocycles. The summed E-state index contributed by atoms with van der Waals surface area (Å²) in [6.45, 7) is 0.190. The minimum atomic E-state index is 0.0952. The Balaban J connectivity index is 2.86. The Kier molecular flexibility index (Phi) is 5.60. The standard InChI is InChI=1S/C12H17ClO3/c13-11-7-9(3-1-5-14)12(16)10(8-11)4-2-6-15/h7-8,14-16H,1-6H2. The summed E-state index contributed by atoms with van der Waals surface area (Å²) in [4.78, 5) is 0. The molecule has 1 aromatic rings. The first kappa shape index (κ1) is 13.3. The number of benzene rings is 1. The van der Waals surface area contributed by atoms with E-state index in [9.17, 15) is 5.11 Å². The molecule has 0 saturated carbocycles. The molecule has 0 unspecified atom stereocenters. The van der Waals surface area contributed by atoms with Gasteiger partial charge in [-0.2, -0.15) is 0 Å². The van der Waals surface area contributed by atoms with Crippen LogP contribution in [0.25, 0.3) is 0 Å². The zero-order valence-corrected chi connectivity index (χ0v) is 9.87. The number of aromatic hydroxyl groups is 1. The molecule has 1 aromatic carbocycles. The van der Waals surface area contributed by atoms with E-state index in [1.807, 2.05) is 0 Å². The van der Waals surface area contributed by atoms with Gasteiger partial charge in [0.15, 0.2) is 0 Å². The molecule has 0 aromatic heterocycles. The normalized spacial score (nSPS) is 10.7. The summed E-state index contributed by atoms with van der Waals surface area (Å²) in [5.74, 6) is 0.242. The maximum Gasteiger partial charge on any atom is 0.122 e. The van der Waals surface area contributed by atoms with E-state index in [4.69, 9.17) is 21.8 Å². The molecule has 1 rings (SSSR count). The monoisotopic (exact) mass is 244 g/mol. The van der Waals surface area contributed by atoms with Crippen LogP contribution in [-0.4, -0.2) is 28.5 Å². The Morgan fingerprint density at radius 3 is 1.75 bits per heavy atom. The van der Waals surface area contributed by atoms with Gasteiger partial charge in [-0.15, -0.1) is 0 Å². The average Bonchev–Trinajstić information content (AvgIpc) is 2.28. The maximum absolute atomic E-state index is 9.94. The second-order valence-corrected chi connectivity index (χ2v) is 4.16. The number of phenolic OH excluding ortho intramolecular Hbond substituents is 1. The largest absolute Gasteiger partial charge is 0.507 e. The highest BCUT2D eigenvalue weighted by atomic mass is 35.5. The van der Waals surface area contributed by atoms with Gasteiger partial charge in [0.25, 0.3) is 0 Å². The van der Waals surface area contributed by atoms with Crippen LogP contribution in [0.2, 0.25) is 5.02 Å². The molecule has 3 N–H and O–H groups in total. The molecule has 0 fully saturated rings. The fourth-order valence-corrected chi connectivity index (χ4v) is 1.90. The van der Waals surface area contributed by atoms with Gasteiger partial charge in [0, 0.05) is 18.2 Å². The van der Waals surface area contributed by atoms with Crippen LogP contribution in [0.3, 0.4) is 0 Å². The molecule has 3 nitrogen and oxygen atoms in total. The Hall–Kier alpha value is -0.770. The van der Waals surface area contributed by atoms with Crippen molar-refractivity contribution in [3.05, 3.63) is 28.3 Å². The van der Waals surface area contributed by atoms with Crippen molar-refractivity contribution < 1.29 is 15.3 Å². The summed E-state index contributed by atoms with van der Waals surface area (Å²) < 4.78 is 0. The van der Waals surface area contributed by atoms with Crippen molar-refractivity contribution in [2.24, 2.45) is 0 Å². The molecule has 4 heteroatoms. The molecule has 90 valence electrons. The SMILES string of the molecule is OCCCc1cc(Cl)cc(CCCO)c1O. The average molecular weight is 245 g/mol. The molecule has 16 heavy (non-hydrogen) atoms. The summed E-state index contributed by atoms with van der Waals surface area (Å²) in [5, 5.41) is 28.0. The van der Waals surface area contributed by atoms with Crippen LogP contribution in [0.5, 0.6) is 5.75 Å². The quantitative estimate of drug-likeness (QED) is 0.716. The zero-order chi connectivity index (χ0) is 12.0. The van der Waals surface area contributed by atoms with Crippen LogP contribution < -0.4 is 0 Å². The Bertz CT molecular complexity index is 310. The summed E-state index contributed by atoms with van der Waals surface area (Å²) in [6.07, 6.45) is 2.42. The van der Waals surface area contributed by atoms with Crippen molar-refractivity contribution in [2.75, 3.05) is 13.2 Å². The third kappa shape index (κ3) is 3.67. The molecule has 0 spiro atoms. The molecule has 0 amide bonds. The van der Waals surface area contributed by atoms with Gasteiger partial charge in [-0.1, -0.05) is 11.6 Å². The molecule has 0 atom stereocenters. The summed E-state index contributed by atoms with van der Waals surface area (Å²) >= 11 is 5.94. The summed E-state index contributed by atoms with van der Waals surface area (Å²) in [7, 11) is 0. The zero-order valence-electron chi connectivity index (χ0n) is 9.12. The van der Waals surface area contributed by atoms with Gasteiger partial charge in [0.1, 0.15) is 5.75 Å². The number of hydrogen-bond acceptors (Lipinski definition) is 3. The van der Waals surface area contributed by atoms with E-state index in [-0.39, 0.29) is 19.0 Å². The van der Waals surface area contributed by atoms with Crippen molar-refractivity contribution in [2.45, 2.75) is 25.7 Å². The lowest BCUT2D eigenvalue weighted by Gasteiger charge is -2.10. The van der Waals surface area contributed by atoms with Gasteiger partial charge in [0.05, 0.1) is 0 Å². The number of hydrogen-bond donors (Lipinski definition) is 3. The summed E-state index contributed by atoms with van der Waals surface area (Å²) in [6, 6.07) is 3.43. The molecule has 0 aliphatic carbocycles. The lowest BCUT2D eigenvalue weighted by atomic mass is 10.0. The van der Waals surface area contributed by atoms with Crippen LogP contribution in [0.4, 0.5) is 0 Å². The fourth-order valence-electron chi connectivity index (χ4n) is 1.64. The van der Waals surface area contributed by atoms with E-state index in [1.54, 1.807) is 12.1 Å². The van der Waals surface area contributed by atoms with Gasteiger partial charge >= 0.3 is 0 Å². The van der Waals surface area contributed by atoms with Crippen LogP contribution in [0.15, 0.2) is 12.1 Å². The first-order valence-corrected chi connectivity index (χ1v) is 5.78. The second-order valence-electron chi connectivity index (χ2n) is 3.73. The van der Waals surface area contributed by atoms with E-state index < -0.39 is 0 Å². The number of phenols is 1. The van der Waals surface area contributed by atoms with E-state index in [0.717, 1.165) is 11.1 Å². The van der Waals surface area contributed by atoms with E-state index in [2.05, 4.69) is 0 Å². The lowest BCUT2D eigenvalue weighted by Crippen LogP contribution is -1.96. The number of rotatable bonds is 6. The van der Waals surface area contributed by atoms with Gasteiger partial charge in [-0.05, 0) is 48.9 Å². The Morgan fingerprint density at radius 2 is 1.38 bits per heavy atom. The predicted octanol–water partition coefficient (Wildman–Crippen LogP) is 1.90. The highest BCUT2D eigenvalue weighted by Crippen LogP contribution is 2.29. The topological polar surface area (TPSA) is 60.7 Å². The molecule has 0 saturated heterocycles. The minimum absolute atomic E-state index is 0.0952. The van der Waals surface area contributed by atoms with Gasteiger partial charge < -0.3 is 15.3 Å². The number of aliphatic hydroxyl groups excluding tert-OH is 2.